The van der Waals surface area contributed by atoms with Crippen LogP contribution in [-0.4, -0.2) is 23.9 Å². The molecule has 1 aromatic rings. The zero-order chi connectivity index (χ0) is 13.6. The second kappa shape index (κ2) is 4.51. The van der Waals surface area contributed by atoms with Gasteiger partial charge < -0.3 is 15.6 Å². The van der Waals surface area contributed by atoms with Gasteiger partial charge in [0.25, 0.3) is 0 Å². The van der Waals surface area contributed by atoms with Crippen molar-refractivity contribution in [2.45, 2.75) is 37.6 Å². The molecule has 2 bridgehead atoms. The van der Waals surface area contributed by atoms with Crippen LogP contribution in [-0.2, 0) is 4.74 Å². The molecule has 2 heterocycles. The predicted molar refractivity (Wildman–Crippen MR) is 65.3 cm³/mol. The van der Waals surface area contributed by atoms with Crippen molar-refractivity contribution in [2.75, 3.05) is 6.54 Å². The van der Waals surface area contributed by atoms with Crippen molar-refractivity contribution in [2.24, 2.45) is 11.1 Å². The van der Waals surface area contributed by atoms with Gasteiger partial charge in [0.1, 0.15) is 11.6 Å². The van der Waals surface area contributed by atoms with Crippen LogP contribution in [0.1, 0.15) is 30.9 Å². The minimum atomic E-state index is -1.27. The highest BCUT2D eigenvalue weighted by molar-refractivity contribution is 5.26. The molecule has 0 spiro atoms. The van der Waals surface area contributed by atoms with Gasteiger partial charge in [0.2, 0.25) is 0 Å². The number of hydrogen-bond acceptors (Lipinski definition) is 3. The van der Waals surface area contributed by atoms with Gasteiger partial charge in [0.15, 0.2) is 0 Å². The second-order valence-electron chi connectivity index (χ2n) is 5.50. The molecule has 3 N–H and O–H groups in total. The van der Waals surface area contributed by atoms with Gasteiger partial charge in [-0.05, 0) is 31.4 Å². The molecule has 5 heteroatoms. The minimum absolute atomic E-state index is 0.0537. The summed E-state index contributed by atoms with van der Waals surface area (Å²) in [6, 6.07) is 3.59. The molecular formula is C14H17F2NO2. The van der Waals surface area contributed by atoms with Crippen molar-refractivity contribution < 1.29 is 18.6 Å². The van der Waals surface area contributed by atoms with E-state index in [4.69, 9.17) is 10.5 Å². The second-order valence-corrected chi connectivity index (χ2v) is 5.50. The summed E-state index contributed by atoms with van der Waals surface area (Å²) in [5.41, 5.74) is 4.75. The molecule has 0 radical (unpaired) electrons. The molecule has 0 aliphatic carbocycles. The summed E-state index contributed by atoms with van der Waals surface area (Å²) in [4.78, 5) is 0. The Kier molecular flexibility index (Phi) is 3.08. The van der Waals surface area contributed by atoms with E-state index >= 15 is 0 Å². The fraction of sp³-hybridized carbons (Fsp3) is 0.571. The summed E-state index contributed by atoms with van der Waals surface area (Å²) in [6.45, 7) is 0.156. The lowest BCUT2D eigenvalue weighted by Crippen LogP contribution is -2.45. The molecule has 0 aromatic heterocycles. The lowest BCUT2D eigenvalue weighted by atomic mass is 9.68. The summed E-state index contributed by atoms with van der Waals surface area (Å²) in [5.74, 6) is -1.47. The normalized spacial score (nSPS) is 34.7. The Morgan fingerprint density at radius 3 is 2.53 bits per heavy atom. The van der Waals surface area contributed by atoms with Gasteiger partial charge >= 0.3 is 0 Å². The van der Waals surface area contributed by atoms with E-state index in [1.165, 1.54) is 6.07 Å². The van der Waals surface area contributed by atoms with Crippen LogP contribution in [0.2, 0.25) is 0 Å². The first-order valence-corrected chi connectivity index (χ1v) is 6.56. The number of hydrogen-bond donors (Lipinski definition) is 2. The van der Waals surface area contributed by atoms with Crippen LogP contribution < -0.4 is 5.73 Å². The zero-order valence-corrected chi connectivity index (χ0v) is 10.5. The standard InChI is InChI=1S/C14H17F2NO2/c15-9-2-1-3-10(16)12(9)13(18)14(7-17)6-8-4-5-11(14)19-8/h1-3,8,11,13,18H,4-7,17H2. The van der Waals surface area contributed by atoms with Crippen LogP contribution in [0.4, 0.5) is 8.78 Å². The molecule has 0 saturated carbocycles. The maximum absolute atomic E-state index is 13.8. The van der Waals surface area contributed by atoms with Gasteiger partial charge in [-0.2, -0.15) is 0 Å². The van der Waals surface area contributed by atoms with Gasteiger partial charge in [-0.3, -0.25) is 0 Å². The average Bonchev–Trinajstić information content (AvgIpc) is 2.99. The maximum Gasteiger partial charge on any atom is 0.131 e. The molecule has 4 atom stereocenters. The highest BCUT2D eigenvalue weighted by Crippen LogP contribution is 2.54. The Morgan fingerprint density at radius 1 is 1.37 bits per heavy atom. The van der Waals surface area contributed by atoms with Gasteiger partial charge in [0, 0.05) is 12.0 Å². The summed E-state index contributed by atoms with van der Waals surface area (Å²) in [6.07, 6.45) is 0.848. The number of benzene rings is 1. The number of nitrogens with two attached hydrogens (primary N) is 1. The fourth-order valence-corrected chi connectivity index (χ4v) is 3.51. The monoisotopic (exact) mass is 269 g/mol. The third-order valence-electron chi connectivity index (χ3n) is 4.55. The number of aliphatic hydroxyl groups excluding tert-OH is 1. The molecule has 2 fully saturated rings. The van der Waals surface area contributed by atoms with Gasteiger partial charge in [-0.25, -0.2) is 8.78 Å². The van der Waals surface area contributed by atoms with E-state index < -0.39 is 23.2 Å². The molecular weight excluding hydrogens is 252 g/mol. The largest absolute Gasteiger partial charge is 0.387 e. The first-order chi connectivity index (χ1) is 9.08. The molecule has 104 valence electrons. The molecule has 1 aromatic carbocycles. The summed E-state index contributed by atoms with van der Waals surface area (Å²) in [7, 11) is 0. The number of halogens is 2. The molecule has 3 nitrogen and oxygen atoms in total. The molecule has 2 saturated heterocycles. The first kappa shape index (κ1) is 13.0. The van der Waals surface area contributed by atoms with E-state index in [0.29, 0.717) is 6.42 Å². The van der Waals surface area contributed by atoms with Crippen molar-refractivity contribution in [1.29, 1.82) is 0 Å². The zero-order valence-electron chi connectivity index (χ0n) is 10.5. The highest BCUT2D eigenvalue weighted by Gasteiger charge is 2.56. The smallest absolute Gasteiger partial charge is 0.131 e. The molecule has 0 amide bonds. The third kappa shape index (κ3) is 1.80. The van der Waals surface area contributed by atoms with Gasteiger partial charge in [-0.1, -0.05) is 6.07 Å². The van der Waals surface area contributed by atoms with Crippen LogP contribution in [0.3, 0.4) is 0 Å². The Hall–Kier alpha value is -1.04. The lowest BCUT2D eigenvalue weighted by molar-refractivity contribution is -0.0297. The first-order valence-electron chi connectivity index (χ1n) is 6.56. The van der Waals surface area contributed by atoms with Crippen molar-refractivity contribution >= 4 is 0 Å². The molecule has 3 rings (SSSR count). The van der Waals surface area contributed by atoms with Crippen molar-refractivity contribution in [3.05, 3.63) is 35.4 Å². The van der Waals surface area contributed by atoms with Gasteiger partial charge in [-0.15, -0.1) is 0 Å². The van der Waals surface area contributed by atoms with Crippen molar-refractivity contribution in [3.63, 3.8) is 0 Å². The molecule has 19 heavy (non-hydrogen) atoms. The van der Waals surface area contributed by atoms with E-state index in [9.17, 15) is 13.9 Å². The van der Waals surface area contributed by atoms with E-state index in [1.54, 1.807) is 0 Å². The highest BCUT2D eigenvalue weighted by atomic mass is 19.1. The average molecular weight is 269 g/mol. The number of aliphatic hydroxyl groups is 1. The summed E-state index contributed by atoms with van der Waals surface area (Å²) < 4.78 is 33.4. The van der Waals surface area contributed by atoms with E-state index in [1.807, 2.05) is 0 Å². The number of rotatable bonds is 3. The topological polar surface area (TPSA) is 55.5 Å². The van der Waals surface area contributed by atoms with E-state index in [2.05, 4.69) is 0 Å². The quantitative estimate of drug-likeness (QED) is 0.881. The number of fused-ring (bicyclic) bond motifs is 2. The van der Waals surface area contributed by atoms with Crippen LogP contribution >= 0.6 is 0 Å². The van der Waals surface area contributed by atoms with Crippen LogP contribution in [0.15, 0.2) is 18.2 Å². The SMILES string of the molecule is NCC1(C(O)c2c(F)cccc2F)CC2CCC1O2. The van der Waals surface area contributed by atoms with Crippen LogP contribution in [0.5, 0.6) is 0 Å². The Balaban J connectivity index is 2.01. The Labute approximate surface area is 110 Å². The molecule has 4 unspecified atom stereocenters. The van der Waals surface area contributed by atoms with Crippen molar-refractivity contribution in [1.82, 2.24) is 0 Å². The van der Waals surface area contributed by atoms with Crippen LogP contribution in [0, 0.1) is 17.0 Å². The number of ether oxygens (including phenoxy) is 1. The third-order valence-corrected chi connectivity index (χ3v) is 4.55. The van der Waals surface area contributed by atoms with Crippen LogP contribution in [0.25, 0.3) is 0 Å². The summed E-state index contributed by atoms with van der Waals surface area (Å²) in [5, 5.41) is 10.5. The maximum atomic E-state index is 13.8. The lowest BCUT2D eigenvalue weighted by Gasteiger charge is -2.38. The predicted octanol–water partition coefficient (Wildman–Crippen LogP) is 1.89. The van der Waals surface area contributed by atoms with E-state index in [-0.39, 0.29) is 24.3 Å². The Bertz CT molecular complexity index is 476. The fourth-order valence-electron chi connectivity index (χ4n) is 3.51. The Morgan fingerprint density at radius 2 is 2.05 bits per heavy atom. The van der Waals surface area contributed by atoms with E-state index in [0.717, 1.165) is 25.0 Å². The van der Waals surface area contributed by atoms with Gasteiger partial charge in [0.05, 0.1) is 23.9 Å². The van der Waals surface area contributed by atoms with Crippen molar-refractivity contribution in [3.8, 4) is 0 Å². The molecule has 2 aliphatic heterocycles. The molecule has 2 aliphatic rings. The minimum Gasteiger partial charge on any atom is -0.387 e. The summed E-state index contributed by atoms with van der Waals surface area (Å²) >= 11 is 0.